The van der Waals surface area contributed by atoms with Crippen LogP contribution in [0.4, 0.5) is 5.69 Å². The van der Waals surface area contributed by atoms with E-state index in [4.69, 9.17) is 0 Å². The van der Waals surface area contributed by atoms with Crippen LogP contribution in [0, 0.1) is 6.92 Å². The number of aromatic carboxylic acids is 1. The van der Waals surface area contributed by atoms with Gasteiger partial charge in [-0.05, 0) is 36.8 Å². The molecule has 4 aromatic rings. The molecule has 2 heterocycles. The molecule has 2 aromatic carbocycles. The first-order valence-corrected chi connectivity index (χ1v) is 8.69. The summed E-state index contributed by atoms with van der Waals surface area (Å²) < 4.78 is 1.97. The number of hydrogen-bond donors (Lipinski definition) is 1. The average molecular weight is 393 g/mol. The molecule has 1 N–H and O–H groups in total. The van der Waals surface area contributed by atoms with Crippen molar-refractivity contribution in [2.45, 2.75) is 6.92 Å². The number of carboxylic acid groups (broad SMARTS) is 1. The molecule has 1 amide bonds. The van der Waals surface area contributed by atoms with Crippen molar-refractivity contribution in [3.05, 3.63) is 89.7 Å². The fourth-order valence-corrected chi connectivity index (χ4v) is 3.02. The number of aryl methyl sites for hydroxylation is 1. The number of anilines is 1. The number of benzene rings is 2. The van der Waals surface area contributed by atoms with Gasteiger partial charge in [-0.15, -0.1) is 0 Å². The molecule has 0 aliphatic carbocycles. The number of carbonyl (C=O) groups excluding carboxylic acids is 2. The Hall–Kier alpha value is -2.93. The van der Waals surface area contributed by atoms with Crippen molar-refractivity contribution in [2.24, 2.45) is 0 Å². The fourth-order valence-electron chi connectivity index (χ4n) is 3.02. The zero-order valence-corrected chi connectivity index (χ0v) is 18.0. The predicted octanol–water partition coefficient (Wildman–Crippen LogP) is -0.0705. The molecule has 0 atom stereocenters. The van der Waals surface area contributed by atoms with Crippen LogP contribution >= 0.6 is 0 Å². The Balaban J connectivity index is 0.00000240. The molecule has 0 spiro atoms. The van der Waals surface area contributed by atoms with Crippen LogP contribution in [0.2, 0.25) is 0 Å². The summed E-state index contributed by atoms with van der Waals surface area (Å²) in [6.45, 7) is 2.02. The van der Waals surface area contributed by atoms with E-state index in [0.717, 1.165) is 22.5 Å². The Labute approximate surface area is 189 Å². The van der Waals surface area contributed by atoms with Crippen molar-refractivity contribution in [3.63, 3.8) is 0 Å². The molecule has 0 bridgehead atoms. The largest absolute Gasteiger partial charge is 1.00 e. The third kappa shape index (κ3) is 4.40. The van der Waals surface area contributed by atoms with Gasteiger partial charge < -0.3 is 19.6 Å². The van der Waals surface area contributed by atoms with Crippen molar-refractivity contribution < 1.29 is 44.3 Å². The van der Waals surface area contributed by atoms with Crippen molar-refractivity contribution in [1.82, 2.24) is 9.38 Å². The van der Waals surface area contributed by atoms with Crippen LogP contribution in [-0.4, -0.2) is 21.3 Å². The number of rotatable bonds is 4. The Morgan fingerprint density at radius 1 is 0.931 bits per heavy atom. The van der Waals surface area contributed by atoms with Gasteiger partial charge >= 0.3 is 29.6 Å². The van der Waals surface area contributed by atoms with Crippen molar-refractivity contribution in [3.8, 4) is 11.3 Å². The van der Waals surface area contributed by atoms with Crippen LogP contribution in [-0.2, 0) is 0 Å². The van der Waals surface area contributed by atoms with Crippen molar-refractivity contribution in [2.75, 3.05) is 5.32 Å². The van der Waals surface area contributed by atoms with Gasteiger partial charge in [-0.3, -0.25) is 4.79 Å². The maximum Gasteiger partial charge on any atom is 1.00 e. The molecule has 0 unspecified atom stereocenters. The summed E-state index contributed by atoms with van der Waals surface area (Å²) in [5.74, 6) is -1.89. The summed E-state index contributed by atoms with van der Waals surface area (Å²) in [6, 6.07) is 17.1. The molecule has 0 fully saturated rings. The van der Waals surface area contributed by atoms with E-state index in [1.54, 1.807) is 24.3 Å². The third-order valence-electron chi connectivity index (χ3n) is 4.43. The summed E-state index contributed by atoms with van der Waals surface area (Å²) in [6.07, 6.45) is 3.96. The number of nitrogens with one attached hydrogen (secondary N) is 1. The number of carbonyl (C=O) groups is 2. The molecule has 2 aromatic heterocycles. The molecular formula is C22H16N3NaO3. The van der Waals surface area contributed by atoms with Gasteiger partial charge in [0.1, 0.15) is 5.65 Å². The van der Waals surface area contributed by atoms with E-state index >= 15 is 0 Å². The first kappa shape index (κ1) is 20.8. The van der Waals surface area contributed by atoms with Gasteiger partial charge in [-0.25, -0.2) is 4.98 Å². The molecule has 4 rings (SSSR count). The second-order valence-corrected chi connectivity index (χ2v) is 6.46. The second kappa shape index (κ2) is 8.61. The van der Waals surface area contributed by atoms with Crippen LogP contribution in [0.3, 0.4) is 0 Å². The monoisotopic (exact) mass is 393 g/mol. The number of aromatic nitrogens is 2. The van der Waals surface area contributed by atoms with Gasteiger partial charge in [-0.2, -0.15) is 0 Å². The summed E-state index contributed by atoms with van der Waals surface area (Å²) in [5, 5.41) is 13.9. The fraction of sp³-hybridized carbons (Fsp3) is 0.0455. The second-order valence-electron chi connectivity index (χ2n) is 6.46. The van der Waals surface area contributed by atoms with E-state index in [2.05, 4.69) is 10.3 Å². The van der Waals surface area contributed by atoms with E-state index in [1.165, 1.54) is 12.1 Å². The number of carboxylic acids is 1. The average Bonchev–Trinajstić information content (AvgIpc) is 3.11. The van der Waals surface area contributed by atoms with E-state index in [-0.39, 0.29) is 40.7 Å². The van der Waals surface area contributed by atoms with Gasteiger partial charge in [0.15, 0.2) is 0 Å². The van der Waals surface area contributed by atoms with Crippen LogP contribution in [0.5, 0.6) is 0 Å². The summed E-state index contributed by atoms with van der Waals surface area (Å²) in [5.41, 5.74) is 4.21. The molecule has 0 aliphatic rings. The first-order valence-electron chi connectivity index (χ1n) is 8.69. The number of pyridine rings is 1. The number of nitrogens with zero attached hydrogens (tertiary/aromatic N) is 2. The molecule has 0 saturated carbocycles. The minimum absolute atomic E-state index is 0. The maximum absolute atomic E-state index is 12.4. The minimum atomic E-state index is -1.39. The number of fused-ring (bicyclic) bond motifs is 1. The number of amides is 1. The van der Waals surface area contributed by atoms with Gasteiger partial charge in [0, 0.05) is 34.8 Å². The Morgan fingerprint density at radius 2 is 1.62 bits per heavy atom. The quantitative estimate of drug-likeness (QED) is 0.492. The molecule has 0 saturated heterocycles. The zero-order chi connectivity index (χ0) is 19.7. The van der Waals surface area contributed by atoms with Crippen molar-refractivity contribution >= 4 is 23.2 Å². The number of imidazole rings is 1. The van der Waals surface area contributed by atoms with Crippen LogP contribution in [0.1, 0.15) is 26.3 Å². The molecule has 29 heavy (non-hydrogen) atoms. The van der Waals surface area contributed by atoms with E-state index in [0.29, 0.717) is 5.69 Å². The maximum atomic E-state index is 12.4. The normalized spacial score (nSPS) is 10.4. The minimum Gasteiger partial charge on any atom is -0.545 e. The Bertz CT molecular complexity index is 1200. The number of hydrogen-bond acceptors (Lipinski definition) is 4. The van der Waals surface area contributed by atoms with Gasteiger partial charge in [0.2, 0.25) is 0 Å². The smallest absolute Gasteiger partial charge is 0.545 e. The van der Waals surface area contributed by atoms with E-state index in [1.807, 2.05) is 48.0 Å². The van der Waals surface area contributed by atoms with Gasteiger partial charge in [0.05, 0.1) is 11.7 Å². The molecule has 138 valence electrons. The van der Waals surface area contributed by atoms with Crippen LogP contribution < -0.4 is 40.0 Å². The summed E-state index contributed by atoms with van der Waals surface area (Å²) in [4.78, 5) is 28.2. The van der Waals surface area contributed by atoms with E-state index < -0.39 is 11.9 Å². The summed E-state index contributed by atoms with van der Waals surface area (Å²) in [7, 11) is 0. The molecule has 6 nitrogen and oxygen atoms in total. The van der Waals surface area contributed by atoms with Crippen molar-refractivity contribution in [1.29, 1.82) is 0 Å². The van der Waals surface area contributed by atoms with Gasteiger partial charge in [-0.1, -0.05) is 36.4 Å². The van der Waals surface area contributed by atoms with Crippen LogP contribution in [0.25, 0.3) is 16.9 Å². The topological polar surface area (TPSA) is 86.5 Å². The third-order valence-corrected chi connectivity index (χ3v) is 4.43. The predicted molar refractivity (Wildman–Crippen MR) is 104 cm³/mol. The zero-order valence-electron chi connectivity index (χ0n) is 16.0. The molecule has 0 aliphatic heterocycles. The van der Waals surface area contributed by atoms with E-state index in [9.17, 15) is 14.7 Å². The Morgan fingerprint density at radius 3 is 2.31 bits per heavy atom. The molecule has 7 heteroatoms. The summed E-state index contributed by atoms with van der Waals surface area (Å²) >= 11 is 0. The Kier molecular flexibility index (Phi) is 6.17. The molecular weight excluding hydrogens is 377 g/mol. The first-order chi connectivity index (χ1) is 13.5. The SMILES string of the molecule is Cc1ccc2nc(-c3ccc(NC(=O)c4ccccc4C(=O)[O-])cc3)cn2c1.[Na+]. The van der Waals surface area contributed by atoms with Gasteiger partial charge in [0.25, 0.3) is 5.91 Å². The molecule has 0 radical (unpaired) electrons. The van der Waals surface area contributed by atoms with Crippen LogP contribution in [0.15, 0.2) is 73.1 Å². The standard InChI is InChI=1S/C22H17N3O3.Na/c1-14-6-11-20-24-19(13-25(20)12-14)15-7-9-16(10-8-15)23-21(26)17-4-2-3-5-18(17)22(27)28;/h2-13H,1H3,(H,23,26)(H,27,28);/q;+1/p-1.